The van der Waals surface area contributed by atoms with Crippen LogP contribution in [0.1, 0.15) is 38.2 Å². The standard InChI is InChI=1S/C18H26FN3O4/c1-3-5-15(17(25)22(2)11-4-6-16(23)24)21-18(26)20-12-13-7-9-14(19)10-8-13/h7-10,15H,3-6,11-12H2,1-2H3,(H,23,24)(H2,20,21,26). The fourth-order valence-corrected chi connectivity index (χ4v) is 2.38. The molecule has 3 amide bonds. The zero-order valence-corrected chi connectivity index (χ0v) is 15.1. The smallest absolute Gasteiger partial charge is 0.315 e. The van der Waals surface area contributed by atoms with Gasteiger partial charge >= 0.3 is 12.0 Å². The fraction of sp³-hybridized carbons (Fsp3) is 0.500. The van der Waals surface area contributed by atoms with Crippen molar-refractivity contribution in [3.63, 3.8) is 0 Å². The number of amides is 3. The molecule has 0 bridgehead atoms. The summed E-state index contributed by atoms with van der Waals surface area (Å²) in [5.41, 5.74) is 0.741. The maximum atomic E-state index is 12.9. The van der Waals surface area contributed by atoms with Gasteiger partial charge in [0, 0.05) is 26.6 Å². The van der Waals surface area contributed by atoms with Gasteiger partial charge in [0.2, 0.25) is 5.91 Å². The molecular formula is C18H26FN3O4. The Labute approximate surface area is 152 Å². The van der Waals surface area contributed by atoms with Crippen molar-refractivity contribution in [1.82, 2.24) is 15.5 Å². The summed E-state index contributed by atoms with van der Waals surface area (Å²) in [6, 6.07) is 4.60. The van der Waals surface area contributed by atoms with Crippen LogP contribution < -0.4 is 10.6 Å². The molecule has 8 heteroatoms. The maximum absolute atomic E-state index is 12.9. The van der Waals surface area contributed by atoms with E-state index in [1.165, 1.54) is 17.0 Å². The number of urea groups is 1. The number of likely N-dealkylation sites (N-methyl/N-ethyl adjacent to an activating group) is 1. The number of rotatable bonds is 10. The Bertz CT molecular complexity index is 607. The molecule has 0 spiro atoms. The zero-order chi connectivity index (χ0) is 19.5. The normalized spacial score (nSPS) is 11.5. The quantitative estimate of drug-likeness (QED) is 0.590. The lowest BCUT2D eigenvalue weighted by atomic mass is 10.1. The van der Waals surface area contributed by atoms with Crippen LogP contribution in [-0.4, -0.2) is 47.5 Å². The van der Waals surface area contributed by atoms with Gasteiger partial charge in [-0.2, -0.15) is 0 Å². The van der Waals surface area contributed by atoms with E-state index in [-0.39, 0.29) is 24.7 Å². The van der Waals surface area contributed by atoms with E-state index in [0.717, 1.165) is 5.56 Å². The van der Waals surface area contributed by atoms with E-state index in [9.17, 15) is 18.8 Å². The Balaban J connectivity index is 2.51. The minimum absolute atomic E-state index is 0.0123. The Morgan fingerprint density at radius 2 is 1.88 bits per heavy atom. The topological polar surface area (TPSA) is 98.7 Å². The second-order valence-corrected chi connectivity index (χ2v) is 6.05. The van der Waals surface area contributed by atoms with Crippen molar-refractivity contribution in [2.75, 3.05) is 13.6 Å². The Kier molecular flexibility index (Phi) is 9.11. The van der Waals surface area contributed by atoms with Gasteiger partial charge in [-0.3, -0.25) is 9.59 Å². The zero-order valence-electron chi connectivity index (χ0n) is 15.1. The van der Waals surface area contributed by atoms with Crippen LogP contribution in [-0.2, 0) is 16.1 Å². The third kappa shape index (κ3) is 7.96. The monoisotopic (exact) mass is 367 g/mol. The molecular weight excluding hydrogens is 341 g/mol. The number of carbonyl (C=O) groups excluding carboxylic acids is 2. The van der Waals surface area contributed by atoms with Crippen LogP contribution in [0.5, 0.6) is 0 Å². The number of carbonyl (C=O) groups is 3. The van der Waals surface area contributed by atoms with Gasteiger partial charge in [0.05, 0.1) is 0 Å². The molecule has 0 saturated heterocycles. The Morgan fingerprint density at radius 1 is 1.23 bits per heavy atom. The first-order valence-corrected chi connectivity index (χ1v) is 8.59. The minimum atomic E-state index is -0.908. The third-order valence-corrected chi connectivity index (χ3v) is 3.81. The number of hydrogen-bond donors (Lipinski definition) is 3. The highest BCUT2D eigenvalue weighted by Gasteiger charge is 2.23. The molecule has 1 atom stereocenters. The predicted molar refractivity (Wildman–Crippen MR) is 95.0 cm³/mol. The first-order valence-electron chi connectivity index (χ1n) is 8.59. The van der Waals surface area contributed by atoms with Gasteiger partial charge in [-0.05, 0) is 30.5 Å². The van der Waals surface area contributed by atoms with Gasteiger partial charge in [0.1, 0.15) is 11.9 Å². The number of nitrogens with zero attached hydrogens (tertiary/aromatic N) is 1. The van der Waals surface area contributed by atoms with Crippen LogP contribution in [0.15, 0.2) is 24.3 Å². The van der Waals surface area contributed by atoms with Crippen molar-refractivity contribution in [3.8, 4) is 0 Å². The minimum Gasteiger partial charge on any atom is -0.481 e. The highest BCUT2D eigenvalue weighted by Crippen LogP contribution is 2.05. The summed E-state index contributed by atoms with van der Waals surface area (Å²) in [6.07, 6.45) is 1.53. The van der Waals surface area contributed by atoms with Gasteiger partial charge < -0.3 is 20.6 Å². The summed E-state index contributed by atoms with van der Waals surface area (Å²) < 4.78 is 12.9. The van der Waals surface area contributed by atoms with E-state index in [1.54, 1.807) is 19.2 Å². The first-order chi connectivity index (χ1) is 12.3. The fourth-order valence-electron chi connectivity index (χ4n) is 2.38. The highest BCUT2D eigenvalue weighted by molar-refractivity contribution is 5.86. The van der Waals surface area contributed by atoms with E-state index in [1.807, 2.05) is 6.92 Å². The average Bonchev–Trinajstić information content (AvgIpc) is 2.59. The van der Waals surface area contributed by atoms with E-state index < -0.39 is 18.0 Å². The van der Waals surface area contributed by atoms with Crippen molar-refractivity contribution in [3.05, 3.63) is 35.6 Å². The second kappa shape index (κ2) is 11.1. The molecule has 0 aliphatic carbocycles. The number of aliphatic carboxylic acids is 1. The van der Waals surface area contributed by atoms with Gasteiger partial charge in [0.25, 0.3) is 0 Å². The van der Waals surface area contributed by atoms with Crippen molar-refractivity contribution in [2.24, 2.45) is 0 Å². The summed E-state index contributed by atoms with van der Waals surface area (Å²) in [4.78, 5) is 36.5. The molecule has 0 saturated carbocycles. The number of carboxylic acids is 1. The Morgan fingerprint density at radius 3 is 2.46 bits per heavy atom. The number of halogens is 1. The van der Waals surface area contributed by atoms with Crippen LogP contribution in [0.2, 0.25) is 0 Å². The second-order valence-electron chi connectivity index (χ2n) is 6.05. The summed E-state index contributed by atoms with van der Waals surface area (Å²) in [7, 11) is 1.59. The number of carboxylic acid groups (broad SMARTS) is 1. The summed E-state index contributed by atoms with van der Waals surface area (Å²) >= 11 is 0. The molecule has 26 heavy (non-hydrogen) atoms. The van der Waals surface area contributed by atoms with Crippen LogP contribution in [0.3, 0.4) is 0 Å². The molecule has 1 aromatic carbocycles. The van der Waals surface area contributed by atoms with E-state index in [4.69, 9.17) is 5.11 Å². The van der Waals surface area contributed by atoms with Crippen LogP contribution in [0.25, 0.3) is 0 Å². The number of hydrogen-bond acceptors (Lipinski definition) is 3. The molecule has 144 valence electrons. The largest absolute Gasteiger partial charge is 0.481 e. The molecule has 7 nitrogen and oxygen atoms in total. The van der Waals surface area contributed by atoms with Crippen LogP contribution in [0.4, 0.5) is 9.18 Å². The maximum Gasteiger partial charge on any atom is 0.315 e. The molecule has 1 rings (SSSR count). The first kappa shape index (κ1) is 21.4. The van der Waals surface area contributed by atoms with Gasteiger partial charge in [-0.1, -0.05) is 25.5 Å². The van der Waals surface area contributed by atoms with Crippen molar-refractivity contribution < 1.29 is 23.9 Å². The van der Waals surface area contributed by atoms with E-state index in [0.29, 0.717) is 25.8 Å². The summed E-state index contributed by atoms with van der Waals surface area (Å²) in [6.45, 7) is 2.43. The number of nitrogens with one attached hydrogen (secondary N) is 2. The van der Waals surface area contributed by atoms with Crippen LogP contribution >= 0.6 is 0 Å². The Hall–Kier alpha value is -2.64. The van der Waals surface area contributed by atoms with Gasteiger partial charge in [-0.25, -0.2) is 9.18 Å². The summed E-state index contributed by atoms with van der Waals surface area (Å²) in [5.74, 6) is -1.51. The van der Waals surface area contributed by atoms with Crippen LogP contribution in [0, 0.1) is 5.82 Å². The molecule has 0 aliphatic rings. The predicted octanol–water partition coefficient (Wildman–Crippen LogP) is 2.12. The van der Waals surface area contributed by atoms with Crippen molar-refractivity contribution >= 4 is 17.9 Å². The van der Waals surface area contributed by atoms with Gasteiger partial charge in [-0.15, -0.1) is 0 Å². The van der Waals surface area contributed by atoms with E-state index >= 15 is 0 Å². The SMILES string of the molecule is CCCC(NC(=O)NCc1ccc(F)cc1)C(=O)N(C)CCCC(=O)O. The van der Waals surface area contributed by atoms with Crippen molar-refractivity contribution in [1.29, 1.82) is 0 Å². The molecule has 0 heterocycles. The number of benzene rings is 1. The molecule has 0 aliphatic heterocycles. The van der Waals surface area contributed by atoms with E-state index in [2.05, 4.69) is 10.6 Å². The lowest BCUT2D eigenvalue weighted by Gasteiger charge is -2.24. The lowest BCUT2D eigenvalue weighted by Crippen LogP contribution is -2.50. The molecule has 0 aromatic heterocycles. The lowest BCUT2D eigenvalue weighted by molar-refractivity contribution is -0.138. The van der Waals surface area contributed by atoms with Gasteiger partial charge in [0.15, 0.2) is 0 Å². The van der Waals surface area contributed by atoms with Crippen molar-refractivity contribution in [2.45, 2.75) is 45.2 Å². The summed E-state index contributed by atoms with van der Waals surface area (Å²) in [5, 5.41) is 13.9. The molecule has 3 N–H and O–H groups in total. The molecule has 1 unspecified atom stereocenters. The molecule has 1 aromatic rings. The third-order valence-electron chi connectivity index (χ3n) is 3.81. The molecule has 0 radical (unpaired) electrons. The average molecular weight is 367 g/mol. The highest BCUT2D eigenvalue weighted by atomic mass is 19.1. The molecule has 0 fully saturated rings.